The molecule has 0 unspecified atom stereocenters. The number of carbonyl (C=O) groups excluding carboxylic acids is 1. The van der Waals surface area contributed by atoms with Crippen molar-refractivity contribution in [2.45, 2.75) is 38.1 Å². The minimum absolute atomic E-state index is 0.0763. The summed E-state index contributed by atoms with van der Waals surface area (Å²) in [4.78, 5) is 23.1. The molecule has 0 radical (unpaired) electrons. The van der Waals surface area contributed by atoms with Gasteiger partial charge in [-0.3, -0.25) is 9.59 Å². The summed E-state index contributed by atoms with van der Waals surface area (Å²) in [6.07, 6.45) is 3.08. The molecule has 5 heteroatoms. The van der Waals surface area contributed by atoms with Crippen molar-refractivity contribution in [3.63, 3.8) is 0 Å². The van der Waals surface area contributed by atoms with Crippen molar-refractivity contribution in [2.75, 3.05) is 7.11 Å². The van der Waals surface area contributed by atoms with Crippen LogP contribution in [-0.2, 0) is 4.79 Å². The zero-order valence-corrected chi connectivity index (χ0v) is 15.0. The van der Waals surface area contributed by atoms with E-state index in [1.165, 1.54) is 0 Å². The molecule has 0 saturated carbocycles. The first-order chi connectivity index (χ1) is 12.5. The SMILES string of the molecule is COc1ccc(C(=O)CCCCC[C@H](N)C(=O)O)cc1-c1ccccc1. The molecular weight excluding hydrogens is 330 g/mol. The highest BCUT2D eigenvalue weighted by molar-refractivity contribution is 5.97. The van der Waals surface area contributed by atoms with E-state index in [0.717, 1.165) is 29.7 Å². The Labute approximate surface area is 153 Å². The van der Waals surface area contributed by atoms with Gasteiger partial charge in [0.1, 0.15) is 11.8 Å². The number of unbranched alkanes of at least 4 members (excludes halogenated alkanes) is 2. The Morgan fingerprint density at radius 3 is 2.46 bits per heavy atom. The van der Waals surface area contributed by atoms with E-state index in [4.69, 9.17) is 15.6 Å². The summed E-state index contributed by atoms with van der Waals surface area (Å²) in [7, 11) is 1.62. The first-order valence-corrected chi connectivity index (χ1v) is 8.78. The largest absolute Gasteiger partial charge is 0.496 e. The summed E-state index contributed by atoms with van der Waals surface area (Å²) in [5.74, 6) is -0.171. The molecule has 0 saturated heterocycles. The standard InChI is InChI=1S/C21H25NO4/c1-26-20-13-12-16(14-17(20)15-8-4-2-5-9-15)19(23)11-7-3-6-10-18(22)21(24)25/h2,4-5,8-9,12-14,18H,3,6-7,10-11,22H2,1H3,(H,24,25)/t18-/m0/s1. The van der Waals surface area contributed by atoms with Crippen molar-refractivity contribution in [1.29, 1.82) is 0 Å². The molecule has 0 aliphatic rings. The number of rotatable bonds is 10. The summed E-state index contributed by atoms with van der Waals surface area (Å²) in [5, 5.41) is 8.75. The van der Waals surface area contributed by atoms with Crippen molar-refractivity contribution in [3.05, 3.63) is 54.1 Å². The number of hydrogen-bond donors (Lipinski definition) is 2. The molecule has 0 aliphatic carbocycles. The van der Waals surface area contributed by atoms with Gasteiger partial charge in [0.2, 0.25) is 0 Å². The molecule has 2 aromatic rings. The molecule has 1 atom stereocenters. The molecular formula is C21H25NO4. The highest BCUT2D eigenvalue weighted by Gasteiger charge is 2.13. The quantitative estimate of drug-likeness (QED) is 0.498. The van der Waals surface area contributed by atoms with E-state index >= 15 is 0 Å². The van der Waals surface area contributed by atoms with Crippen LogP contribution in [0.25, 0.3) is 11.1 Å². The van der Waals surface area contributed by atoms with Crippen LogP contribution in [0.2, 0.25) is 0 Å². The van der Waals surface area contributed by atoms with Crippen molar-refractivity contribution in [3.8, 4) is 16.9 Å². The molecule has 0 fully saturated rings. The monoisotopic (exact) mass is 355 g/mol. The van der Waals surface area contributed by atoms with Crippen molar-refractivity contribution in [1.82, 2.24) is 0 Å². The number of nitrogens with two attached hydrogens (primary N) is 1. The van der Waals surface area contributed by atoms with Gasteiger partial charge in [-0.2, -0.15) is 0 Å². The van der Waals surface area contributed by atoms with Crippen LogP contribution in [0.1, 0.15) is 42.5 Å². The number of carboxylic acid groups (broad SMARTS) is 1. The summed E-state index contributed by atoms with van der Waals surface area (Å²) in [6, 6.07) is 14.5. The van der Waals surface area contributed by atoms with Gasteiger partial charge in [0, 0.05) is 17.5 Å². The highest BCUT2D eigenvalue weighted by Crippen LogP contribution is 2.31. The number of Topliss-reactive ketones (excluding diaryl/α,β-unsaturated/α-hetero) is 1. The molecule has 0 aromatic heterocycles. The zero-order chi connectivity index (χ0) is 18.9. The fraction of sp³-hybridized carbons (Fsp3) is 0.333. The van der Waals surface area contributed by atoms with E-state index in [1.54, 1.807) is 13.2 Å². The maximum Gasteiger partial charge on any atom is 0.320 e. The second-order valence-electron chi connectivity index (χ2n) is 6.25. The average Bonchev–Trinajstić information content (AvgIpc) is 2.67. The predicted molar refractivity (Wildman–Crippen MR) is 101 cm³/mol. The maximum atomic E-state index is 12.5. The lowest BCUT2D eigenvalue weighted by molar-refractivity contribution is -0.138. The lowest BCUT2D eigenvalue weighted by Gasteiger charge is -2.11. The fourth-order valence-corrected chi connectivity index (χ4v) is 2.82. The van der Waals surface area contributed by atoms with E-state index in [1.807, 2.05) is 42.5 Å². The number of aliphatic carboxylic acids is 1. The minimum Gasteiger partial charge on any atom is -0.496 e. The van der Waals surface area contributed by atoms with E-state index in [0.29, 0.717) is 24.8 Å². The Bertz CT molecular complexity index is 743. The third kappa shape index (κ3) is 5.43. The number of hydrogen-bond acceptors (Lipinski definition) is 4. The van der Waals surface area contributed by atoms with Crippen molar-refractivity contribution >= 4 is 11.8 Å². The molecule has 26 heavy (non-hydrogen) atoms. The van der Waals surface area contributed by atoms with Gasteiger partial charge in [-0.25, -0.2) is 0 Å². The van der Waals surface area contributed by atoms with E-state index in [-0.39, 0.29) is 5.78 Å². The maximum absolute atomic E-state index is 12.5. The van der Waals surface area contributed by atoms with E-state index in [9.17, 15) is 9.59 Å². The van der Waals surface area contributed by atoms with E-state index < -0.39 is 12.0 Å². The van der Waals surface area contributed by atoms with Gasteiger partial charge >= 0.3 is 5.97 Å². The third-order valence-corrected chi connectivity index (χ3v) is 4.34. The summed E-state index contributed by atoms with van der Waals surface area (Å²) in [6.45, 7) is 0. The van der Waals surface area contributed by atoms with Gasteiger partial charge in [0.25, 0.3) is 0 Å². The molecule has 138 valence electrons. The van der Waals surface area contributed by atoms with Gasteiger partial charge in [0.05, 0.1) is 7.11 Å². The van der Waals surface area contributed by atoms with Crippen LogP contribution >= 0.6 is 0 Å². The van der Waals surface area contributed by atoms with Gasteiger partial charge in [-0.15, -0.1) is 0 Å². The van der Waals surface area contributed by atoms with Gasteiger partial charge in [-0.05, 0) is 36.6 Å². The van der Waals surface area contributed by atoms with Crippen LogP contribution in [0.5, 0.6) is 5.75 Å². The summed E-state index contributed by atoms with van der Waals surface area (Å²) < 4.78 is 5.42. The number of carbonyl (C=O) groups is 2. The number of methoxy groups -OCH3 is 1. The fourth-order valence-electron chi connectivity index (χ4n) is 2.82. The molecule has 0 bridgehead atoms. The topological polar surface area (TPSA) is 89.6 Å². The second-order valence-corrected chi connectivity index (χ2v) is 6.25. The highest BCUT2D eigenvalue weighted by atomic mass is 16.5. The van der Waals surface area contributed by atoms with Gasteiger partial charge < -0.3 is 15.6 Å². The first-order valence-electron chi connectivity index (χ1n) is 8.78. The molecule has 2 aromatic carbocycles. The van der Waals surface area contributed by atoms with Crippen molar-refractivity contribution < 1.29 is 19.4 Å². The molecule has 3 N–H and O–H groups in total. The number of ketones is 1. The Balaban J connectivity index is 1.96. The molecule has 2 rings (SSSR count). The van der Waals surface area contributed by atoms with Crippen LogP contribution in [-0.4, -0.2) is 30.0 Å². The Morgan fingerprint density at radius 2 is 1.81 bits per heavy atom. The van der Waals surface area contributed by atoms with E-state index in [2.05, 4.69) is 0 Å². The van der Waals surface area contributed by atoms with Crippen LogP contribution < -0.4 is 10.5 Å². The predicted octanol–water partition coefficient (Wildman–Crippen LogP) is 3.91. The smallest absolute Gasteiger partial charge is 0.320 e. The number of benzene rings is 2. The Kier molecular flexibility index (Phi) is 7.36. The lowest BCUT2D eigenvalue weighted by Crippen LogP contribution is -2.29. The number of carboxylic acids is 1. The second kappa shape index (κ2) is 9.73. The van der Waals surface area contributed by atoms with Crippen LogP contribution in [0.3, 0.4) is 0 Å². The van der Waals surface area contributed by atoms with Crippen LogP contribution in [0.4, 0.5) is 0 Å². The van der Waals surface area contributed by atoms with Gasteiger partial charge in [-0.1, -0.05) is 43.2 Å². The van der Waals surface area contributed by atoms with Crippen LogP contribution in [0.15, 0.2) is 48.5 Å². The summed E-state index contributed by atoms with van der Waals surface area (Å²) in [5.41, 5.74) is 8.03. The first kappa shape index (κ1) is 19.7. The normalized spacial score (nSPS) is 11.8. The minimum atomic E-state index is -0.979. The Morgan fingerprint density at radius 1 is 1.08 bits per heavy atom. The molecule has 0 aliphatic heterocycles. The molecule has 0 spiro atoms. The van der Waals surface area contributed by atoms with Crippen LogP contribution in [0, 0.1) is 0 Å². The lowest BCUT2D eigenvalue weighted by atomic mass is 9.97. The summed E-state index contributed by atoms with van der Waals surface area (Å²) >= 11 is 0. The van der Waals surface area contributed by atoms with Crippen molar-refractivity contribution in [2.24, 2.45) is 5.73 Å². The Hall–Kier alpha value is -2.66. The third-order valence-electron chi connectivity index (χ3n) is 4.34. The molecule has 0 heterocycles. The number of ether oxygens (including phenoxy) is 1. The molecule has 5 nitrogen and oxygen atoms in total. The zero-order valence-electron chi connectivity index (χ0n) is 15.0. The average molecular weight is 355 g/mol. The molecule has 0 amide bonds. The van der Waals surface area contributed by atoms with Gasteiger partial charge in [0.15, 0.2) is 5.78 Å².